The van der Waals surface area contributed by atoms with E-state index in [1.54, 1.807) is 0 Å². The first-order chi connectivity index (χ1) is 9.96. The van der Waals surface area contributed by atoms with Gasteiger partial charge in [-0.05, 0) is 65.2 Å². The molecule has 4 heteroatoms. The van der Waals surface area contributed by atoms with Crippen molar-refractivity contribution in [3.63, 3.8) is 0 Å². The molecule has 0 aromatic heterocycles. The van der Waals surface area contributed by atoms with E-state index >= 15 is 0 Å². The molecule has 0 aromatic rings. The number of nitrogens with zero attached hydrogens (tertiary/aromatic N) is 2. The largest absolute Gasteiger partial charge is 0.463 e. The number of hydrogen-bond acceptors (Lipinski definition) is 4. The molecular weight excluding hydrogens is 264 g/mol. The molecule has 4 nitrogen and oxygen atoms in total. The Morgan fingerprint density at radius 1 is 1.14 bits per heavy atom. The van der Waals surface area contributed by atoms with E-state index in [2.05, 4.69) is 37.7 Å². The third-order valence-electron chi connectivity index (χ3n) is 5.37. The Morgan fingerprint density at radius 3 is 2.19 bits per heavy atom. The molecule has 0 unspecified atom stereocenters. The summed E-state index contributed by atoms with van der Waals surface area (Å²) in [7, 11) is 4.19. The first-order valence-corrected chi connectivity index (χ1v) is 8.54. The lowest BCUT2D eigenvalue weighted by molar-refractivity contribution is -0.158. The normalized spacial score (nSPS) is 23.9. The average molecular weight is 296 g/mol. The molecule has 0 bridgehead atoms. The van der Waals surface area contributed by atoms with E-state index < -0.39 is 0 Å². The highest BCUT2D eigenvalue weighted by Gasteiger charge is 2.41. The van der Waals surface area contributed by atoms with Crippen molar-refractivity contribution in [1.82, 2.24) is 9.80 Å². The fourth-order valence-corrected chi connectivity index (χ4v) is 3.64. The van der Waals surface area contributed by atoms with Crippen molar-refractivity contribution in [2.45, 2.75) is 64.0 Å². The van der Waals surface area contributed by atoms with Gasteiger partial charge < -0.3 is 9.64 Å². The second kappa shape index (κ2) is 7.10. The molecule has 2 aliphatic rings. The fourth-order valence-electron chi connectivity index (χ4n) is 3.64. The maximum absolute atomic E-state index is 12.6. The van der Waals surface area contributed by atoms with Gasteiger partial charge in [-0.25, -0.2) is 0 Å². The van der Waals surface area contributed by atoms with Gasteiger partial charge in [0.25, 0.3) is 0 Å². The van der Waals surface area contributed by atoms with Crippen molar-refractivity contribution in [1.29, 1.82) is 0 Å². The summed E-state index contributed by atoms with van der Waals surface area (Å²) in [4.78, 5) is 17.2. The highest BCUT2D eigenvalue weighted by molar-refractivity contribution is 5.76. The van der Waals surface area contributed by atoms with Crippen LogP contribution in [0, 0.1) is 5.92 Å². The van der Waals surface area contributed by atoms with Gasteiger partial charge >= 0.3 is 5.97 Å². The van der Waals surface area contributed by atoms with Crippen LogP contribution in [0.3, 0.4) is 0 Å². The quantitative estimate of drug-likeness (QED) is 0.705. The maximum atomic E-state index is 12.6. The molecule has 0 spiro atoms. The Bertz CT molecular complexity index is 345. The van der Waals surface area contributed by atoms with Crippen LogP contribution in [0.25, 0.3) is 0 Å². The lowest BCUT2D eigenvalue weighted by atomic mass is 9.76. The zero-order valence-electron chi connectivity index (χ0n) is 14.2. The van der Waals surface area contributed by atoms with Crippen LogP contribution >= 0.6 is 0 Å². The molecule has 0 N–H and O–H groups in total. The number of esters is 1. The Morgan fingerprint density at radius 2 is 1.76 bits per heavy atom. The monoisotopic (exact) mass is 296 g/mol. The van der Waals surface area contributed by atoms with Crippen molar-refractivity contribution in [3.8, 4) is 0 Å². The first kappa shape index (κ1) is 16.8. The van der Waals surface area contributed by atoms with Crippen molar-refractivity contribution < 1.29 is 9.53 Å². The van der Waals surface area contributed by atoms with E-state index in [1.807, 2.05) is 0 Å². The third-order valence-corrected chi connectivity index (χ3v) is 5.37. The summed E-state index contributed by atoms with van der Waals surface area (Å²) in [5, 5.41) is 0. The predicted molar refractivity (Wildman–Crippen MR) is 85.3 cm³/mol. The SMILES string of the molecule is CC(C)[C@@H](C(=O)OCC1(N(C)C)CCC1)N1CCCCC1. The van der Waals surface area contributed by atoms with Gasteiger partial charge in [0.2, 0.25) is 0 Å². The molecule has 1 aliphatic heterocycles. The van der Waals surface area contributed by atoms with Crippen LogP contribution < -0.4 is 0 Å². The lowest BCUT2D eigenvalue weighted by Crippen LogP contribution is -2.55. The Labute approximate surface area is 129 Å². The molecule has 0 radical (unpaired) electrons. The average Bonchev–Trinajstić information content (AvgIpc) is 2.38. The third kappa shape index (κ3) is 3.78. The Hall–Kier alpha value is -0.610. The van der Waals surface area contributed by atoms with Crippen molar-refractivity contribution in [2.24, 2.45) is 5.92 Å². The molecule has 122 valence electrons. The van der Waals surface area contributed by atoms with Crippen LogP contribution in [0.1, 0.15) is 52.4 Å². The van der Waals surface area contributed by atoms with Gasteiger partial charge in [0.15, 0.2) is 0 Å². The van der Waals surface area contributed by atoms with Crippen molar-refractivity contribution in [2.75, 3.05) is 33.8 Å². The smallest absolute Gasteiger partial charge is 0.323 e. The molecule has 2 rings (SSSR count). The molecular formula is C17H32N2O2. The van der Waals surface area contributed by atoms with Gasteiger partial charge in [-0.15, -0.1) is 0 Å². The van der Waals surface area contributed by atoms with Crippen molar-refractivity contribution in [3.05, 3.63) is 0 Å². The van der Waals surface area contributed by atoms with E-state index in [-0.39, 0.29) is 17.6 Å². The summed E-state index contributed by atoms with van der Waals surface area (Å²) < 4.78 is 5.77. The standard InChI is InChI=1S/C17H32N2O2/c1-14(2)15(19-11-6-5-7-12-19)16(20)21-13-17(18(3)4)9-8-10-17/h14-15H,5-13H2,1-4H3/t15-/m0/s1. The number of piperidine rings is 1. The summed E-state index contributed by atoms with van der Waals surface area (Å²) in [5.74, 6) is 0.298. The van der Waals surface area contributed by atoms with Gasteiger partial charge in [-0.1, -0.05) is 20.3 Å². The van der Waals surface area contributed by atoms with E-state index in [4.69, 9.17) is 4.74 Å². The summed E-state index contributed by atoms with van der Waals surface area (Å²) in [6.07, 6.45) is 7.23. The number of likely N-dealkylation sites (N-methyl/N-ethyl adjacent to an activating group) is 1. The second-order valence-corrected chi connectivity index (χ2v) is 7.37. The van der Waals surface area contributed by atoms with Crippen LogP contribution in [0.2, 0.25) is 0 Å². The number of hydrogen-bond donors (Lipinski definition) is 0. The molecule has 1 saturated heterocycles. The van der Waals surface area contributed by atoms with Gasteiger partial charge in [-0.3, -0.25) is 9.69 Å². The molecule has 2 fully saturated rings. The van der Waals surface area contributed by atoms with Crippen LogP contribution in [0.15, 0.2) is 0 Å². The Balaban J connectivity index is 1.92. The minimum Gasteiger partial charge on any atom is -0.463 e. The second-order valence-electron chi connectivity index (χ2n) is 7.37. The van der Waals surface area contributed by atoms with Gasteiger partial charge in [0, 0.05) is 0 Å². The zero-order valence-corrected chi connectivity index (χ0v) is 14.2. The minimum absolute atomic E-state index is 0.0139. The number of rotatable bonds is 6. The lowest BCUT2D eigenvalue weighted by Gasteiger charge is -2.47. The van der Waals surface area contributed by atoms with Crippen molar-refractivity contribution >= 4 is 5.97 Å². The highest BCUT2D eigenvalue weighted by Crippen LogP contribution is 2.36. The molecule has 0 amide bonds. The van der Waals surface area contributed by atoms with Gasteiger partial charge in [0.05, 0.1) is 5.54 Å². The van der Waals surface area contributed by atoms with Gasteiger partial charge in [-0.2, -0.15) is 0 Å². The van der Waals surface area contributed by atoms with E-state index in [9.17, 15) is 4.79 Å². The van der Waals surface area contributed by atoms with E-state index in [1.165, 1.54) is 25.7 Å². The molecule has 1 saturated carbocycles. The molecule has 1 aliphatic carbocycles. The molecule has 1 atom stereocenters. The van der Waals surface area contributed by atoms with Crippen LogP contribution in [-0.4, -0.2) is 61.1 Å². The number of ether oxygens (including phenoxy) is 1. The maximum Gasteiger partial charge on any atom is 0.323 e. The number of likely N-dealkylation sites (tertiary alicyclic amines) is 1. The summed E-state index contributed by atoms with van der Waals surface area (Å²) in [6.45, 7) is 6.89. The van der Waals surface area contributed by atoms with E-state index in [0.29, 0.717) is 12.5 Å². The molecule has 21 heavy (non-hydrogen) atoms. The van der Waals surface area contributed by atoms with E-state index in [0.717, 1.165) is 25.9 Å². The number of carbonyl (C=O) groups excluding carboxylic acids is 1. The summed E-state index contributed by atoms with van der Waals surface area (Å²) >= 11 is 0. The highest BCUT2D eigenvalue weighted by atomic mass is 16.5. The van der Waals surface area contributed by atoms with Crippen LogP contribution in [0.5, 0.6) is 0 Å². The van der Waals surface area contributed by atoms with Crippen LogP contribution in [-0.2, 0) is 9.53 Å². The first-order valence-electron chi connectivity index (χ1n) is 8.54. The predicted octanol–water partition coefficient (Wildman–Crippen LogP) is 2.52. The molecule has 1 heterocycles. The molecule has 0 aromatic carbocycles. The summed E-state index contributed by atoms with van der Waals surface area (Å²) in [5.41, 5.74) is 0.0963. The topological polar surface area (TPSA) is 32.8 Å². The minimum atomic E-state index is -0.0652. The fraction of sp³-hybridized carbons (Fsp3) is 0.941. The zero-order chi connectivity index (χ0) is 15.5. The summed E-state index contributed by atoms with van der Waals surface area (Å²) in [6, 6.07) is -0.0652. The van der Waals surface area contributed by atoms with Gasteiger partial charge in [0.1, 0.15) is 12.6 Å². The van der Waals surface area contributed by atoms with Crippen LogP contribution in [0.4, 0.5) is 0 Å². The number of carbonyl (C=O) groups is 1. The Kier molecular flexibility index (Phi) is 5.67.